The number of fused-ring (bicyclic) bond motifs is 1. The third kappa shape index (κ3) is 4.37. The molecule has 1 unspecified atom stereocenters. The average molecular weight is 395 g/mol. The fourth-order valence-corrected chi connectivity index (χ4v) is 4.58. The van der Waals surface area contributed by atoms with E-state index in [-0.39, 0.29) is 0 Å². The summed E-state index contributed by atoms with van der Waals surface area (Å²) in [7, 11) is 0. The second-order valence-electron chi connectivity index (χ2n) is 8.06. The first-order valence-electron chi connectivity index (χ1n) is 10.6. The van der Waals surface area contributed by atoms with Crippen LogP contribution in [0.5, 0.6) is 0 Å². The molecule has 0 saturated carbocycles. The lowest BCUT2D eigenvalue weighted by Crippen LogP contribution is -2.50. The number of piperazine rings is 1. The molecule has 0 radical (unpaired) electrons. The van der Waals surface area contributed by atoms with Gasteiger partial charge >= 0.3 is 5.97 Å². The number of aliphatic hydroxyl groups is 1. The average Bonchev–Trinajstić information content (AvgIpc) is 3.25. The van der Waals surface area contributed by atoms with E-state index in [0.717, 1.165) is 32.6 Å². The zero-order valence-electron chi connectivity index (χ0n) is 16.9. The highest BCUT2D eigenvalue weighted by Crippen LogP contribution is 2.31. The molecule has 1 N–H and O–H groups in total. The zero-order valence-corrected chi connectivity index (χ0v) is 16.9. The maximum atomic E-state index is 13.0. The molecular weight excluding hydrogens is 364 g/mol. The lowest BCUT2D eigenvalue weighted by atomic mass is 9.86. The summed E-state index contributed by atoms with van der Waals surface area (Å²) in [5.41, 5.74) is -0.750. The predicted octanol–water partition coefficient (Wildman–Crippen LogP) is 2.64. The maximum absolute atomic E-state index is 13.0. The van der Waals surface area contributed by atoms with Gasteiger partial charge in [0.2, 0.25) is 5.60 Å². The number of hydrogen-bond donors (Lipinski definition) is 1. The molecule has 0 amide bonds. The van der Waals surface area contributed by atoms with Crippen molar-refractivity contribution < 1.29 is 14.6 Å². The number of hydrogen-bond acceptors (Lipinski definition) is 5. The van der Waals surface area contributed by atoms with Gasteiger partial charge in [0.05, 0.1) is 6.61 Å². The first-order valence-corrected chi connectivity index (χ1v) is 10.6. The molecule has 0 spiro atoms. The summed E-state index contributed by atoms with van der Waals surface area (Å²) < 4.78 is 5.57. The number of carbonyl (C=O) groups excluding carboxylic acids is 1. The molecule has 1 atom stereocenters. The van der Waals surface area contributed by atoms with Gasteiger partial charge in [-0.25, -0.2) is 4.79 Å². The van der Waals surface area contributed by atoms with Crippen molar-refractivity contribution in [3.63, 3.8) is 0 Å². The molecule has 154 valence electrons. The Kier molecular flexibility index (Phi) is 6.28. The molecule has 29 heavy (non-hydrogen) atoms. The minimum Gasteiger partial charge on any atom is -0.463 e. The Labute approximate surface area is 172 Å². The van der Waals surface area contributed by atoms with E-state index in [1.807, 2.05) is 36.4 Å². The first kappa shape index (κ1) is 20.1. The summed E-state index contributed by atoms with van der Waals surface area (Å²) in [6.07, 6.45) is 3.39. The first-order chi connectivity index (χ1) is 14.2. The molecule has 5 heteroatoms. The van der Waals surface area contributed by atoms with Crippen LogP contribution in [0.2, 0.25) is 0 Å². The Morgan fingerprint density at radius 3 is 2.31 bits per heavy atom. The minimum absolute atomic E-state index is 0.311. The molecule has 0 bridgehead atoms. The lowest BCUT2D eigenvalue weighted by molar-refractivity contribution is -0.162. The normalized spacial score (nSPS) is 20.4. The van der Waals surface area contributed by atoms with Gasteiger partial charge in [0, 0.05) is 32.2 Å². The van der Waals surface area contributed by atoms with E-state index >= 15 is 0 Å². The lowest BCUT2D eigenvalue weighted by Gasteiger charge is -2.37. The number of rotatable bonds is 7. The van der Waals surface area contributed by atoms with Gasteiger partial charge in [-0.3, -0.25) is 4.90 Å². The molecule has 2 saturated heterocycles. The molecule has 5 nitrogen and oxygen atoms in total. The van der Waals surface area contributed by atoms with Gasteiger partial charge in [0.1, 0.15) is 0 Å². The van der Waals surface area contributed by atoms with Crippen molar-refractivity contribution in [2.45, 2.75) is 30.9 Å². The molecule has 0 aromatic heterocycles. The van der Waals surface area contributed by atoms with E-state index in [2.05, 4.69) is 9.80 Å². The molecule has 4 rings (SSSR count). The van der Waals surface area contributed by atoms with Gasteiger partial charge in [0.25, 0.3) is 0 Å². The molecule has 2 aliphatic heterocycles. The van der Waals surface area contributed by atoms with Gasteiger partial charge in [0.15, 0.2) is 0 Å². The molecule has 2 aliphatic rings. The second kappa shape index (κ2) is 9.08. The highest BCUT2D eigenvalue weighted by Gasteiger charge is 2.41. The predicted molar refractivity (Wildman–Crippen MR) is 112 cm³/mol. The largest absolute Gasteiger partial charge is 0.463 e. The van der Waals surface area contributed by atoms with Crippen LogP contribution in [0, 0.1) is 0 Å². The molecule has 2 fully saturated rings. The summed E-state index contributed by atoms with van der Waals surface area (Å²) in [5, 5.41) is 11.4. The van der Waals surface area contributed by atoms with Crippen LogP contribution in [0.15, 0.2) is 60.7 Å². The van der Waals surface area contributed by atoms with Gasteiger partial charge in [-0.15, -0.1) is 0 Å². The molecule has 0 aliphatic carbocycles. The highest BCUT2D eigenvalue weighted by molar-refractivity contribution is 5.85. The Morgan fingerprint density at radius 1 is 1.00 bits per heavy atom. The van der Waals surface area contributed by atoms with Crippen molar-refractivity contribution in [3.8, 4) is 0 Å². The van der Waals surface area contributed by atoms with Gasteiger partial charge in [-0.1, -0.05) is 60.7 Å². The van der Waals surface area contributed by atoms with Crippen LogP contribution in [0.3, 0.4) is 0 Å². The quantitative estimate of drug-likeness (QED) is 0.578. The summed E-state index contributed by atoms with van der Waals surface area (Å²) in [5.74, 6) is -0.615. The van der Waals surface area contributed by atoms with Crippen molar-refractivity contribution in [2.75, 3.05) is 39.3 Å². The monoisotopic (exact) mass is 394 g/mol. The van der Waals surface area contributed by atoms with E-state index in [1.165, 1.54) is 19.4 Å². The molecular formula is C24H30N2O3. The van der Waals surface area contributed by atoms with Crippen molar-refractivity contribution in [1.29, 1.82) is 0 Å². The van der Waals surface area contributed by atoms with E-state index in [9.17, 15) is 9.90 Å². The number of ether oxygens (including phenoxy) is 1. The summed E-state index contributed by atoms with van der Waals surface area (Å²) in [6, 6.07) is 18.7. The van der Waals surface area contributed by atoms with Crippen molar-refractivity contribution >= 4 is 5.97 Å². The van der Waals surface area contributed by atoms with E-state index in [0.29, 0.717) is 23.8 Å². The van der Waals surface area contributed by atoms with Crippen LogP contribution in [0.4, 0.5) is 0 Å². The topological polar surface area (TPSA) is 53.0 Å². The standard InChI is InChI=1S/C24H30N2O3/c27-23(29-18-8-14-25-16-17-26-15-7-13-22(26)19-25)24(28,20-9-3-1-4-10-20)21-11-5-2-6-12-21/h1-6,9-12,22,28H,7-8,13-19H2. The zero-order chi connectivity index (χ0) is 20.1. The Bertz CT molecular complexity index is 757. The summed E-state index contributed by atoms with van der Waals surface area (Å²) >= 11 is 0. The number of benzene rings is 2. The Hall–Kier alpha value is -2.21. The summed E-state index contributed by atoms with van der Waals surface area (Å²) in [4.78, 5) is 18.0. The third-order valence-corrected chi connectivity index (χ3v) is 6.20. The molecule has 2 heterocycles. The van der Waals surface area contributed by atoms with Crippen LogP contribution in [-0.2, 0) is 15.1 Å². The van der Waals surface area contributed by atoms with E-state index in [4.69, 9.17) is 4.74 Å². The van der Waals surface area contributed by atoms with Gasteiger partial charge in [-0.05, 0) is 36.9 Å². The van der Waals surface area contributed by atoms with Crippen molar-refractivity contribution in [2.24, 2.45) is 0 Å². The number of esters is 1. The Morgan fingerprint density at radius 2 is 1.66 bits per heavy atom. The second-order valence-corrected chi connectivity index (χ2v) is 8.06. The highest BCUT2D eigenvalue weighted by atomic mass is 16.5. The van der Waals surface area contributed by atoms with Crippen LogP contribution < -0.4 is 0 Å². The van der Waals surface area contributed by atoms with Crippen molar-refractivity contribution in [3.05, 3.63) is 71.8 Å². The van der Waals surface area contributed by atoms with Crippen LogP contribution >= 0.6 is 0 Å². The molecule has 2 aromatic carbocycles. The van der Waals surface area contributed by atoms with Gasteiger partial charge < -0.3 is 14.7 Å². The minimum atomic E-state index is -1.79. The fourth-order valence-electron chi connectivity index (χ4n) is 4.58. The summed E-state index contributed by atoms with van der Waals surface area (Å²) in [6.45, 7) is 5.83. The third-order valence-electron chi connectivity index (χ3n) is 6.20. The molecule has 2 aromatic rings. The smallest absolute Gasteiger partial charge is 0.347 e. The van der Waals surface area contributed by atoms with Crippen LogP contribution in [0.25, 0.3) is 0 Å². The fraction of sp³-hybridized carbons (Fsp3) is 0.458. The van der Waals surface area contributed by atoms with Crippen molar-refractivity contribution in [1.82, 2.24) is 9.80 Å². The maximum Gasteiger partial charge on any atom is 0.347 e. The van der Waals surface area contributed by atoms with Crippen LogP contribution in [0.1, 0.15) is 30.4 Å². The van der Waals surface area contributed by atoms with E-state index in [1.54, 1.807) is 24.3 Å². The van der Waals surface area contributed by atoms with Crippen LogP contribution in [-0.4, -0.2) is 66.2 Å². The number of carbonyl (C=O) groups is 1. The van der Waals surface area contributed by atoms with E-state index < -0.39 is 11.6 Å². The Balaban J connectivity index is 1.35. The van der Waals surface area contributed by atoms with Gasteiger partial charge in [-0.2, -0.15) is 0 Å². The number of nitrogens with zero attached hydrogens (tertiary/aromatic N) is 2. The SMILES string of the molecule is O=C(OCCCN1CCN2CCCC2C1)C(O)(c1ccccc1)c1ccccc1.